The molecular weight excluding hydrogens is 314 g/mol. The second kappa shape index (κ2) is 8.30. The Bertz CT molecular complexity index is 677. The molecule has 134 valence electrons. The third-order valence-corrected chi connectivity index (χ3v) is 4.57. The smallest absolute Gasteiger partial charge is 0.276 e. The fraction of sp³-hybridized carbons (Fsp3) is 0.500. The van der Waals surface area contributed by atoms with Crippen molar-refractivity contribution in [3.63, 3.8) is 0 Å². The number of carbonyl (C=O) groups is 1. The molecule has 0 atom stereocenters. The predicted molar refractivity (Wildman–Crippen MR) is 97.7 cm³/mol. The summed E-state index contributed by atoms with van der Waals surface area (Å²) >= 11 is 0. The normalized spacial score (nSPS) is 14.0. The molecule has 3 rings (SSSR count). The highest BCUT2D eigenvalue weighted by Crippen LogP contribution is 2.40. The molecule has 2 aromatic rings. The van der Waals surface area contributed by atoms with Crippen LogP contribution in [0.15, 0.2) is 40.9 Å². The minimum absolute atomic E-state index is 0.0226. The van der Waals surface area contributed by atoms with E-state index in [1.54, 1.807) is 0 Å². The molecule has 1 saturated carbocycles. The van der Waals surface area contributed by atoms with E-state index in [-0.39, 0.29) is 5.91 Å². The Morgan fingerprint density at radius 3 is 2.60 bits per heavy atom. The van der Waals surface area contributed by atoms with Gasteiger partial charge in [-0.05, 0) is 45.3 Å². The minimum Gasteiger partial charge on any atom is -0.360 e. The van der Waals surface area contributed by atoms with Gasteiger partial charge in [0.25, 0.3) is 5.91 Å². The van der Waals surface area contributed by atoms with Crippen LogP contribution in [0.25, 0.3) is 0 Å². The zero-order valence-electron chi connectivity index (χ0n) is 15.1. The Balaban J connectivity index is 1.59. The first kappa shape index (κ1) is 17.7. The molecule has 1 aliphatic rings. The summed E-state index contributed by atoms with van der Waals surface area (Å²) in [6.45, 7) is 2.27. The van der Waals surface area contributed by atoms with Gasteiger partial charge in [0.15, 0.2) is 5.69 Å². The number of hydrogen-bond donors (Lipinski definition) is 0. The van der Waals surface area contributed by atoms with Crippen LogP contribution in [0.4, 0.5) is 0 Å². The average molecular weight is 341 g/mol. The maximum absolute atomic E-state index is 12.8. The van der Waals surface area contributed by atoms with E-state index >= 15 is 0 Å². The lowest BCUT2D eigenvalue weighted by Gasteiger charge is -2.23. The van der Waals surface area contributed by atoms with Crippen molar-refractivity contribution >= 4 is 5.91 Å². The van der Waals surface area contributed by atoms with Crippen molar-refractivity contribution in [2.45, 2.75) is 31.6 Å². The summed E-state index contributed by atoms with van der Waals surface area (Å²) in [5.74, 6) is 1.31. The van der Waals surface area contributed by atoms with Crippen LogP contribution >= 0.6 is 0 Å². The number of carbonyl (C=O) groups excluding carboxylic acids is 1. The topological polar surface area (TPSA) is 49.6 Å². The van der Waals surface area contributed by atoms with E-state index in [0.717, 1.165) is 44.5 Å². The summed E-state index contributed by atoms with van der Waals surface area (Å²) in [6, 6.07) is 12.2. The van der Waals surface area contributed by atoms with Gasteiger partial charge in [-0.2, -0.15) is 0 Å². The van der Waals surface area contributed by atoms with Gasteiger partial charge < -0.3 is 14.3 Å². The molecule has 0 N–H and O–H groups in total. The van der Waals surface area contributed by atoms with Gasteiger partial charge in [-0.15, -0.1) is 0 Å². The maximum Gasteiger partial charge on any atom is 0.276 e. The molecule has 25 heavy (non-hydrogen) atoms. The van der Waals surface area contributed by atoms with Gasteiger partial charge >= 0.3 is 0 Å². The van der Waals surface area contributed by atoms with Gasteiger partial charge in [0, 0.05) is 31.6 Å². The number of amides is 1. The van der Waals surface area contributed by atoms with Gasteiger partial charge in [0.05, 0.1) is 0 Å². The quantitative estimate of drug-likeness (QED) is 0.703. The van der Waals surface area contributed by atoms with Crippen molar-refractivity contribution in [3.8, 4) is 0 Å². The summed E-state index contributed by atoms with van der Waals surface area (Å²) in [7, 11) is 4.04. The van der Waals surface area contributed by atoms with Crippen LogP contribution < -0.4 is 0 Å². The van der Waals surface area contributed by atoms with Gasteiger partial charge in [0.1, 0.15) is 5.76 Å². The molecule has 0 aliphatic heterocycles. The van der Waals surface area contributed by atoms with Crippen LogP contribution in [0.5, 0.6) is 0 Å². The maximum atomic E-state index is 12.8. The number of hydrogen-bond acceptors (Lipinski definition) is 4. The van der Waals surface area contributed by atoms with Crippen LogP contribution in [-0.2, 0) is 6.42 Å². The molecule has 5 nitrogen and oxygen atoms in total. The number of nitrogens with zero attached hydrogens (tertiary/aromatic N) is 3. The van der Waals surface area contributed by atoms with Crippen LogP contribution in [0.3, 0.4) is 0 Å². The second-order valence-electron chi connectivity index (χ2n) is 7.07. The first-order chi connectivity index (χ1) is 12.1. The van der Waals surface area contributed by atoms with E-state index in [1.165, 1.54) is 5.56 Å². The van der Waals surface area contributed by atoms with Crippen molar-refractivity contribution in [3.05, 3.63) is 53.4 Å². The molecule has 5 heteroatoms. The van der Waals surface area contributed by atoms with Gasteiger partial charge in [-0.3, -0.25) is 4.79 Å². The van der Waals surface area contributed by atoms with Crippen molar-refractivity contribution in [1.29, 1.82) is 0 Å². The standard InChI is InChI=1S/C20H27N3O2/c1-22(2)13-14-23(12-6-9-16-7-4-3-5-8-16)20(24)18-15-19(25-21-18)17-10-11-17/h3-5,7-8,15,17H,6,9-14H2,1-2H3. The minimum atomic E-state index is -0.0226. The zero-order chi connectivity index (χ0) is 17.6. The number of aryl methyl sites for hydroxylation is 1. The van der Waals surface area contributed by atoms with E-state index in [4.69, 9.17) is 4.52 Å². The van der Waals surface area contributed by atoms with Crippen LogP contribution in [-0.4, -0.2) is 54.6 Å². The molecule has 1 aromatic carbocycles. The lowest BCUT2D eigenvalue weighted by atomic mass is 10.1. The van der Waals surface area contributed by atoms with Gasteiger partial charge in [-0.1, -0.05) is 35.5 Å². The largest absolute Gasteiger partial charge is 0.360 e. The summed E-state index contributed by atoms with van der Waals surface area (Å²) in [6.07, 6.45) is 4.20. The Hall–Kier alpha value is -2.14. The molecule has 0 radical (unpaired) electrons. The monoisotopic (exact) mass is 341 g/mol. The molecule has 1 heterocycles. The van der Waals surface area contributed by atoms with Gasteiger partial charge in [-0.25, -0.2) is 0 Å². The Morgan fingerprint density at radius 1 is 1.16 bits per heavy atom. The lowest BCUT2D eigenvalue weighted by Crippen LogP contribution is -2.37. The van der Waals surface area contributed by atoms with Crippen LogP contribution in [0.1, 0.15) is 47.0 Å². The molecule has 1 aliphatic carbocycles. The van der Waals surface area contributed by atoms with E-state index < -0.39 is 0 Å². The summed E-state index contributed by atoms with van der Waals surface area (Å²) < 4.78 is 5.35. The highest BCUT2D eigenvalue weighted by molar-refractivity contribution is 5.92. The number of aromatic nitrogens is 1. The Morgan fingerprint density at radius 2 is 1.92 bits per heavy atom. The Labute approximate surface area is 149 Å². The molecule has 0 unspecified atom stereocenters. The van der Waals surface area contributed by atoms with Crippen LogP contribution in [0.2, 0.25) is 0 Å². The fourth-order valence-electron chi connectivity index (χ4n) is 2.87. The summed E-state index contributed by atoms with van der Waals surface area (Å²) in [4.78, 5) is 16.8. The van der Waals surface area contributed by atoms with E-state index in [1.807, 2.05) is 31.1 Å². The number of benzene rings is 1. The molecule has 1 fully saturated rings. The SMILES string of the molecule is CN(C)CCN(CCCc1ccccc1)C(=O)c1cc(C2CC2)on1. The molecular formula is C20H27N3O2. The molecule has 0 bridgehead atoms. The summed E-state index contributed by atoms with van der Waals surface area (Å²) in [5, 5.41) is 4.01. The second-order valence-corrected chi connectivity index (χ2v) is 7.07. The third-order valence-electron chi connectivity index (χ3n) is 4.57. The lowest BCUT2D eigenvalue weighted by molar-refractivity contribution is 0.0732. The van der Waals surface area contributed by atoms with Crippen molar-refractivity contribution in [1.82, 2.24) is 15.0 Å². The summed E-state index contributed by atoms with van der Waals surface area (Å²) in [5.41, 5.74) is 1.75. The first-order valence-corrected chi connectivity index (χ1v) is 9.08. The van der Waals surface area contributed by atoms with Crippen molar-refractivity contribution in [2.24, 2.45) is 0 Å². The number of rotatable bonds is 9. The highest BCUT2D eigenvalue weighted by atomic mass is 16.5. The molecule has 0 spiro atoms. The number of likely N-dealkylation sites (N-methyl/N-ethyl adjacent to an activating group) is 1. The highest BCUT2D eigenvalue weighted by Gasteiger charge is 2.29. The molecule has 0 saturated heterocycles. The average Bonchev–Trinajstić information content (AvgIpc) is 3.35. The van der Waals surface area contributed by atoms with E-state index in [9.17, 15) is 4.79 Å². The van der Waals surface area contributed by atoms with E-state index in [2.05, 4.69) is 34.3 Å². The fourth-order valence-corrected chi connectivity index (χ4v) is 2.87. The van der Waals surface area contributed by atoms with E-state index in [0.29, 0.717) is 18.2 Å². The van der Waals surface area contributed by atoms with Crippen molar-refractivity contribution < 1.29 is 9.32 Å². The van der Waals surface area contributed by atoms with Gasteiger partial charge in [0.2, 0.25) is 0 Å². The Kier molecular flexibility index (Phi) is 5.87. The zero-order valence-corrected chi connectivity index (χ0v) is 15.1. The molecule has 1 amide bonds. The predicted octanol–water partition coefficient (Wildman–Crippen LogP) is 3.19. The molecule has 1 aromatic heterocycles. The third kappa shape index (κ3) is 5.16. The van der Waals surface area contributed by atoms with Crippen LogP contribution in [0, 0.1) is 0 Å². The first-order valence-electron chi connectivity index (χ1n) is 9.08. The van der Waals surface area contributed by atoms with Crippen molar-refractivity contribution in [2.75, 3.05) is 33.7 Å².